The Morgan fingerprint density at radius 1 is 1.36 bits per heavy atom. The van der Waals surface area contributed by atoms with Crippen LogP contribution in [-0.4, -0.2) is 28.3 Å². The third-order valence-corrected chi connectivity index (χ3v) is 4.42. The second kappa shape index (κ2) is 6.38. The number of nitrogens with one attached hydrogen (secondary N) is 2. The van der Waals surface area contributed by atoms with Gasteiger partial charge in [-0.2, -0.15) is 5.10 Å². The second-order valence-corrected chi connectivity index (χ2v) is 6.02. The van der Waals surface area contributed by atoms with Gasteiger partial charge in [0.1, 0.15) is 5.75 Å². The van der Waals surface area contributed by atoms with E-state index in [-0.39, 0.29) is 12.0 Å². The largest absolute Gasteiger partial charge is 0.490 e. The molecule has 1 aliphatic rings. The van der Waals surface area contributed by atoms with Crippen molar-refractivity contribution in [2.45, 2.75) is 58.1 Å². The molecular formula is C17H23N3O2. The second-order valence-electron chi connectivity index (χ2n) is 6.02. The summed E-state index contributed by atoms with van der Waals surface area (Å²) in [7, 11) is 0. The molecule has 0 atom stereocenters. The Balaban J connectivity index is 1.68. The molecule has 0 unspecified atom stereocenters. The molecule has 118 valence electrons. The zero-order valence-electron chi connectivity index (χ0n) is 13.2. The molecule has 1 heterocycles. The van der Waals surface area contributed by atoms with Crippen molar-refractivity contribution in [3.8, 4) is 5.75 Å². The monoisotopic (exact) mass is 301 g/mol. The zero-order valence-corrected chi connectivity index (χ0v) is 13.2. The Hall–Kier alpha value is -2.04. The number of H-pyrrole nitrogens is 1. The fourth-order valence-corrected chi connectivity index (χ4v) is 3.32. The maximum absolute atomic E-state index is 11.1. The summed E-state index contributed by atoms with van der Waals surface area (Å²) in [6, 6.07) is 4.37. The summed E-state index contributed by atoms with van der Waals surface area (Å²) >= 11 is 0. The summed E-state index contributed by atoms with van der Waals surface area (Å²) in [5.41, 5.74) is 2.27. The van der Waals surface area contributed by atoms with E-state index >= 15 is 0 Å². The van der Waals surface area contributed by atoms with Crippen LogP contribution < -0.4 is 10.1 Å². The SMILES string of the molecule is CCc1c(OC2CCC(NC(C)=O)CC2)ccc2[nH]ncc12. The van der Waals surface area contributed by atoms with Crippen LogP contribution in [0.2, 0.25) is 0 Å². The number of benzene rings is 1. The van der Waals surface area contributed by atoms with Crippen molar-refractivity contribution in [2.75, 3.05) is 0 Å². The molecule has 1 fully saturated rings. The first kappa shape index (κ1) is 14.9. The minimum Gasteiger partial charge on any atom is -0.490 e. The van der Waals surface area contributed by atoms with E-state index in [4.69, 9.17) is 4.74 Å². The minimum absolute atomic E-state index is 0.0584. The van der Waals surface area contributed by atoms with Crippen LogP contribution in [0.5, 0.6) is 5.75 Å². The number of carbonyl (C=O) groups is 1. The number of rotatable bonds is 4. The lowest BCUT2D eigenvalue weighted by atomic mass is 9.92. The molecule has 1 aliphatic carbocycles. The van der Waals surface area contributed by atoms with Gasteiger partial charge in [-0.15, -0.1) is 0 Å². The molecule has 1 aromatic heterocycles. The molecule has 1 saturated carbocycles. The van der Waals surface area contributed by atoms with Crippen LogP contribution in [-0.2, 0) is 11.2 Å². The van der Waals surface area contributed by atoms with E-state index in [0.717, 1.165) is 48.8 Å². The Bertz CT molecular complexity index is 657. The molecule has 1 amide bonds. The van der Waals surface area contributed by atoms with Gasteiger partial charge in [0.05, 0.1) is 17.8 Å². The van der Waals surface area contributed by atoms with E-state index in [9.17, 15) is 4.79 Å². The Morgan fingerprint density at radius 2 is 2.14 bits per heavy atom. The number of aromatic amines is 1. The molecule has 0 radical (unpaired) electrons. The summed E-state index contributed by atoms with van der Waals surface area (Å²) in [5.74, 6) is 1.03. The number of fused-ring (bicyclic) bond motifs is 1. The molecule has 2 N–H and O–H groups in total. The number of hydrogen-bond donors (Lipinski definition) is 2. The molecule has 1 aromatic carbocycles. The molecule has 3 rings (SSSR count). The predicted octanol–water partition coefficient (Wildman–Crippen LogP) is 2.95. The number of aromatic nitrogens is 2. The number of aryl methyl sites for hydroxylation is 1. The Kier molecular flexibility index (Phi) is 4.32. The summed E-state index contributed by atoms with van der Waals surface area (Å²) in [6.07, 6.45) is 6.97. The van der Waals surface area contributed by atoms with E-state index in [1.54, 1.807) is 6.92 Å². The number of ether oxygens (including phenoxy) is 1. The van der Waals surface area contributed by atoms with E-state index in [1.165, 1.54) is 5.56 Å². The van der Waals surface area contributed by atoms with Crippen LogP contribution in [0.1, 0.15) is 45.1 Å². The molecule has 22 heavy (non-hydrogen) atoms. The van der Waals surface area contributed by atoms with Crippen molar-refractivity contribution in [3.05, 3.63) is 23.9 Å². The summed E-state index contributed by atoms with van der Waals surface area (Å²) in [6.45, 7) is 3.72. The van der Waals surface area contributed by atoms with E-state index in [0.29, 0.717) is 6.04 Å². The normalized spacial score (nSPS) is 21.7. The average molecular weight is 301 g/mol. The van der Waals surface area contributed by atoms with Gasteiger partial charge >= 0.3 is 0 Å². The van der Waals surface area contributed by atoms with Crippen LogP contribution in [0.15, 0.2) is 18.3 Å². The highest BCUT2D eigenvalue weighted by molar-refractivity contribution is 5.84. The van der Waals surface area contributed by atoms with Gasteiger partial charge in [0, 0.05) is 23.9 Å². The van der Waals surface area contributed by atoms with Crippen molar-refractivity contribution in [1.29, 1.82) is 0 Å². The Morgan fingerprint density at radius 3 is 2.82 bits per heavy atom. The third kappa shape index (κ3) is 3.08. The van der Waals surface area contributed by atoms with Crippen molar-refractivity contribution in [2.24, 2.45) is 0 Å². The molecule has 2 aromatic rings. The van der Waals surface area contributed by atoms with Gasteiger partial charge < -0.3 is 10.1 Å². The number of carbonyl (C=O) groups excluding carboxylic acids is 1. The van der Waals surface area contributed by atoms with Crippen LogP contribution in [0.4, 0.5) is 0 Å². The standard InChI is InChI=1S/C17H23N3O2/c1-3-14-15-10-18-20-16(15)8-9-17(14)22-13-6-4-12(5-7-13)19-11(2)21/h8-10,12-13H,3-7H2,1-2H3,(H,18,20)(H,19,21). The summed E-state index contributed by atoms with van der Waals surface area (Å²) in [4.78, 5) is 11.1. The van der Waals surface area contributed by atoms with E-state index in [1.807, 2.05) is 18.3 Å². The molecule has 0 saturated heterocycles. The van der Waals surface area contributed by atoms with Gasteiger partial charge in [0.25, 0.3) is 0 Å². The van der Waals surface area contributed by atoms with Crippen molar-refractivity contribution in [3.63, 3.8) is 0 Å². The van der Waals surface area contributed by atoms with Crippen LogP contribution in [0.3, 0.4) is 0 Å². The Labute approximate surface area is 130 Å². The number of amides is 1. The van der Waals surface area contributed by atoms with Gasteiger partial charge in [-0.3, -0.25) is 9.89 Å². The van der Waals surface area contributed by atoms with Crippen LogP contribution >= 0.6 is 0 Å². The first-order valence-electron chi connectivity index (χ1n) is 8.06. The van der Waals surface area contributed by atoms with E-state index in [2.05, 4.69) is 22.4 Å². The highest BCUT2D eigenvalue weighted by atomic mass is 16.5. The van der Waals surface area contributed by atoms with Gasteiger partial charge in [-0.05, 0) is 44.2 Å². The average Bonchev–Trinajstić information content (AvgIpc) is 2.97. The van der Waals surface area contributed by atoms with Gasteiger partial charge in [0.2, 0.25) is 5.91 Å². The quantitative estimate of drug-likeness (QED) is 0.912. The van der Waals surface area contributed by atoms with Gasteiger partial charge in [-0.25, -0.2) is 0 Å². The van der Waals surface area contributed by atoms with Crippen molar-refractivity contribution >= 4 is 16.8 Å². The maximum atomic E-state index is 11.1. The molecule has 5 nitrogen and oxygen atoms in total. The summed E-state index contributed by atoms with van der Waals surface area (Å²) < 4.78 is 6.25. The predicted molar refractivity (Wildman–Crippen MR) is 86.0 cm³/mol. The fraction of sp³-hybridized carbons (Fsp3) is 0.529. The van der Waals surface area contributed by atoms with Gasteiger partial charge in [-0.1, -0.05) is 6.92 Å². The van der Waals surface area contributed by atoms with Crippen LogP contribution in [0, 0.1) is 0 Å². The first-order valence-corrected chi connectivity index (χ1v) is 8.06. The topological polar surface area (TPSA) is 67.0 Å². The lowest BCUT2D eigenvalue weighted by Crippen LogP contribution is -2.38. The number of hydrogen-bond acceptors (Lipinski definition) is 3. The highest BCUT2D eigenvalue weighted by Gasteiger charge is 2.23. The van der Waals surface area contributed by atoms with Crippen molar-refractivity contribution < 1.29 is 9.53 Å². The fourth-order valence-electron chi connectivity index (χ4n) is 3.32. The van der Waals surface area contributed by atoms with Gasteiger partial charge in [0.15, 0.2) is 0 Å². The lowest BCUT2D eigenvalue weighted by molar-refractivity contribution is -0.120. The molecule has 0 bridgehead atoms. The summed E-state index contributed by atoms with van der Waals surface area (Å²) in [5, 5.41) is 11.3. The van der Waals surface area contributed by atoms with Crippen LogP contribution in [0.25, 0.3) is 10.9 Å². The molecule has 5 heteroatoms. The smallest absolute Gasteiger partial charge is 0.217 e. The zero-order chi connectivity index (χ0) is 15.5. The maximum Gasteiger partial charge on any atom is 0.217 e. The number of nitrogens with zero attached hydrogens (tertiary/aromatic N) is 1. The molecular weight excluding hydrogens is 278 g/mol. The highest BCUT2D eigenvalue weighted by Crippen LogP contribution is 2.31. The minimum atomic E-state index is 0.0584. The van der Waals surface area contributed by atoms with E-state index < -0.39 is 0 Å². The molecule has 0 aliphatic heterocycles. The lowest BCUT2D eigenvalue weighted by Gasteiger charge is -2.29. The first-order chi connectivity index (χ1) is 10.7. The van der Waals surface area contributed by atoms with Crippen molar-refractivity contribution in [1.82, 2.24) is 15.5 Å². The third-order valence-electron chi connectivity index (χ3n) is 4.42. The molecule has 0 spiro atoms.